The molecule has 1 unspecified atom stereocenters. The molecule has 38 heavy (non-hydrogen) atoms. The highest BCUT2D eigenvalue weighted by Crippen LogP contribution is 2.45. The average molecular weight is 529 g/mol. The first-order valence-corrected chi connectivity index (χ1v) is 12.9. The summed E-state index contributed by atoms with van der Waals surface area (Å²) in [5.41, 5.74) is 0.736. The van der Waals surface area contributed by atoms with Crippen LogP contribution in [0.5, 0.6) is 5.75 Å². The number of anilines is 4. The quantitative estimate of drug-likeness (QED) is 0.529. The largest absolute Gasteiger partial charge is 0.480 e. The first-order valence-electron chi connectivity index (χ1n) is 12.9. The van der Waals surface area contributed by atoms with E-state index in [1.54, 1.807) is 25.2 Å². The number of halogens is 3. The molecule has 3 atom stereocenters. The lowest BCUT2D eigenvalue weighted by Gasteiger charge is -2.32. The third-order valence-electron chi connectivity index (χ3n) is 7.93. The van der Waals surface area contributed by atoms with Gasteiger partial charge in [0.05, 0.1) is 35.7 Å². The second-order valence-electron chi connectivity index (χ2n) is 10.7. The molecule has 0 radical (unpaired) electrons. The van der Waals surface area contributed by atoms with Gasteiger partial charge in [0.15, 0.2) is 18.2 Å². The van der Waals surface area contributed by atoms with Crippen molar-refractivity contribution < 1.29 is 22.6 Å². The molecule has 4 aliphatic rings. The van der Waals surface area contributed by atoms with Gasteiger partial charge in [-0.3, -0.25) is 4.79 Å². The number of hydrogen-bond acceptors (Lipinski definition) is 8. The van der Waals surface area contributed by atoms with Gasteiger partial charge in [-0.05, 0) is 49.8 Å². The van der Waals surface area contributed by atoms with Gasteiger partial charge >= 0.3 is 5.92 Å². The highest BCUT2D eigenvalue weighted by atomic mass is 19.3. The minimum Gasteiger partial charge on any atom is -0.480 e. The van der Waals surface area contributed by atoms with Crippen molar-refractivity contribution >= 4 is 34.0 Å². The molecule has 0 amide bonds. The summed E-state index contributed by atoms with van der Waals surface area (Å²) in [5, 5.41) is 6.48. The molecule has 2 saturated heterocycles. The fourth-order valence-electron chi connectivity index (χ4n) is 5.80. The number of aryl methyl sites for hydroxylation is 1. The molecule has 200 valence electrons. The van der Waals surface area contributed by atoms with Gasteiger partial charge in [0.2, 0.25) is 11.7 Å². The van der Waals surface area contributed by atoms with Crippen LogP contribution in [0.3, 0.4) is 0 Å². The molecule has 12 heteroatoms. The van der Waals surface area contributed by atoms with E-state index in [0.29, 0.717) is 48.5 Å². The maximum Gasteiger partial charge on any atom is 0.301 e. The summed E-state index contributed by atoms with van der Waals surface area (Å²) in [6.07, 6.45) is 4.75. The Morgan fingerprint density at radius 2 is 1.92 bits per heavy atom. The van der Waals surface area contributed by atoms with Crippen LogP contribution in [0.25, 0.3) is 10.9 Å². The zero-order valence-electron chi connectivity index (χ0n) is 20.7. The van der Waals surface area contributed by atoms with E-state index in [2.05, 4.69) is 20.6 Å². The van der Waals surface area contributed by atoms with Crippen LogP contribution in [-0.2, 0) is 11.8 Å². The van der Waals surface area contributed by atoms with Crippen LogP contribution in [0.1, 0.15) is 25.7 Å². The summed E-state index contributed by atoms with van der Waals surface area (Å²) in [4.78, 5) is 23.6. The normalized spacial score (nSPS) is 25.9. The molecule has 3 aromatic rings. The maximum atomic E-state index is 14.9. The van der Waals surface area contributed by atoms with Crippen molar-refractivity contribution in [1.29, 1.82) is 0 Å². The Hall–Kier alpha value is -3.54. The molecule has 5 heterocycles. The Kier molecular flexibility index (Phi) is 5.26. The molecule has 7 rings (SSSR count). The Morgan fingerprint density at radius 3 is 2.66 bits per heavy atom. The zero-order valence-corrected chi connectivity index (χ0v) is 20.7. The number of hydrogen-bond donors (Lipinski definition) is 2. The topological polar surface area (TPSA) is 93.5 Å². The Balaban J connectivity index is 1.26. The van der Waals surface area contributed by atoms with E-state index < -0.39 is 29.9 Å². The predicted octanol–water partition coefficient (Wildman–Crippen LogP) is 3.80. The third-order valence-corrected chi connectivity index (χ3v) is 7.93. The monoisotopic (exact) mass is 528 g/mol. The van der Waals surface area contributed by atoms with Gasteiger partial charge in [-0.25, -0.2) is 18.2 Å². The molecule has 2 bridgehead atoms. The Morgan fingerprint density at radius 1 is 1.16 bits per heavy atom. The number of fused-ring (bicyclic) bond motifs is 5. The molecule has 3 aliphatic heterocycles. The molecular formula is C26H27F3N6O3. The van der Waals surface area contributed by atoms with E-state index in [1.807, 2.05) is 4.90 Å². The molecule has 1 aliphatic carbocycles. The molecule has 1 aromatic carbocycles. The second-order valence-corrected chi connectivity index (χ2v) is 10.7. The first kappa shape index (κ1) is 23.6. The van der Waals surface area contributed by atoms with Gasteiger partial charge in [0, 0.05) is 31.2 Å². The van der Waals surface area contributed by atoms with Gasteiger partial charge < -0.3 is 29.6 Å². The van der Waals surface area contributed by atoms with Crippen molar-refractivity contribution in [1.82, 2.24) is 14.5 Å². The molecular weight excluding hydrogens is 501 g/mol. The predicted molar refractivity (Wildman–Crippen MR) is 135 cm³/mol. The lowest BCUT2D eigenvalue weighted by molar-refractivity contribution is -0.0579. The zero-order chi connectivity index (χ0) is 26.2. The van der Waals surface area contributed by atoms with Crippen LogP contribution in [0.4, 0.5) is 36.3 Å². The fraction of sp³-hybridized carbons (Fsp3) is 0.500. The van der Waals surface area contributed by atoms with Crippen molar-refractivity contribution in [2.24, 2.45) is 13.0 Å². The van der Waals surface area contributed by atoms with Crippen molar-refractivity contribution in [3.63, 3.8) is 0 Å². The highest BCUT2D eigenvalue weighted by molar-refractivity contribution is 5.97. The summed E-state index contributed by atoms with van der Waals surface area (Å²) in [6, 6.07) is 3.93. The number of alkyl halides is 2. The minimum atomic E-state index is -3.13. The fourth-order valence-corrected chi connectivity index (χ4v) is 5.80. The van der Waals surface area contributed by atoms with Crippen molar-refractivity contribution in [2.45, 2.75) is 49.9 Å². The SMILES string of the molecule is Cn1c(=O)c2c(c3cc(Nc4nc(N5C[C@H]6CC[C@@H](C5)O6)ncc4F)ccc31)NC(C1CC1)C(F)(F)CO2. The number of benzene rings is 1. The van der Waals surface area contributed by atoms with Crippen molar-refractivity contribution in [3.8, 4) is 5.75 Å². The molecule has 2 aromatic heterocycles. The summed E-state index contributed by atoms with van der Waals surface area (Å²) < 4.78 is 57.2. The number of aromatic nitrogens is 3. The van der Waals surface area contributed by atoms with Crippen LogP contribution in [0.15, 0.2) is 29.2 Å². The van der Waals surface area contributed by atoms with Gasteiger partial charge in [-0.1, -0.05) is 0 Å². The van der Waals surface area contributed by atoms with E-state index in [0.717, 1.165) is 19.0 Å². The van der Waals surface area contributed by atoms with E-state index in [4.69, 9.17) is 9.47 Å². The number of rotatable bonds is 4. The smallest absolute Gasteiger partial charge is 0.301 e. The molecule has 2 N–H and O–H groups in total. The first-order chi connectivity index (χ1) is 18.3. The Bertz CT molecular complexity index is 1480. The molecule has 9 nitrogen and oxygen atoms in total. The lowest BCUT2D eigenvalue weighted by Crippen LogP contribution is -2.44. The second kappa shape index (κ2) is 8.48. The summed E-state index contributed by atoms with van der Waals surface area (Å²) >= 11 is 0. The standard InChI is InChI=1S/C26H27F3N6O3/c1-34-19-7-4-14(31-23-18(27)9-30-25(33-23)35-10-15-5-6-16(11-35)38-15)8-17(19)20-21(24(34)36)37-12-26(28,29)22(32-20)13-2-3-13/h4,7-9,13,15-16,22,32H,2-3,5-6,10-12H2,1H3,(H,30,31,33)/t15-,16+,22?. The minimum absolute atomic E-state index is 0.00398. The van der Waals surface area contributed by atoms with Crippen molar-refractivity contribution in [2.75, 3.05) is 35.2 Å². The maximum absolute atomic E-state index is 14.9. The number of pyridine rings is 1. The van der Waals surface area contributed by atoms with Gasteiger partial charge in [-0.15, -0.1) is 0 Å². The average Bonchev–Trinajstić information content (AvgIpc) is 3.69. The van der Waals surface area contributed by atoms with E-state index in [1.165, 1.54) is 4.57 Å². The van der Waals surface area contributed by atoms with Crippen LogP contribution < -0.4 is 25.8 Å². The number of ether oxygens (including phenoxy) is 2. The number of nitrogens with one attached hydrogen (secondary N) is 2. The number of nitrogens with zero attached hydrogens (tertiary/aromatic N) is 4. The summed E-state index contributed by atoms with van der Waals surface area (Å²) in [5.74, 6) is -3.68. The highest BCUT2D eigenvalue weighted by Gasteiger charge is 2.51. The Labute approximate surface area is 216 Å². The van der Waals surface area contributed by atoms with Crippen LogP contribution in [-0.4, -0.2) is 58.4 Å². The van der Waals surface area contributed by atoms with Crippen LogP contribution >= 0.6 is 0 Å². The van der Waals surface area contributed by atoms with Gasteiger partial charge in [0.25, 0.3) is 5.56 Å². The van der Waals surface area contributed by atoms with E-state index in [-0.39, 0.29) is 35.4 Å². The van der Waals surface area contributed by atoms with Crippen LogP contribution in [0, 0.1) is 11.7 Å². The van der Waals surface area contributed by atoms with Crippen LogP contribution in [0.2, 0.25) is 0 Å². The number of morpholine rings is 1. The van der Waals surface area contributed by atoms with E-state index >= 15 is 0 Å². The molecule has 0 spiro atoms. The third kappa shape index (κ3) is 3.93. The van der Waals surface area contributed by atoms with Gasteiger partial charge in [0.1, 0.15) is 0 Å². The lowest BCUT2D eigenvalue weighted by atomic mass is 10.0. The van der Waals surface area contributed by atoms with Crippen molar-refractivity contribution in [3.05, 3.63) is 40.6 Å². The molecule has 1 saturated carbocycles. The van der Waals surface area contributed by atoms with Gasteiger partial charge in [-0.2, -0.15) is 4.98 Å². The summed E-state index contributed by atoms with van der Waals surface area (Å²) in [6.45, 7) is 0.428. The molecule has 3 fully saturated rings. The van der Waals surface area contributed by atoms with E-state index in [9.17, 15) is 18.0 Å². The summed E-state index contributed by atoms with van der Waals surface area (Å²) in [7, 11) is 1.56.